The highest BCUT2D eigenvalue weighted by Gasteiger charge is 2.12. The monoisotopic (exact) mass is 330 g/mol. The molecule has 1 heterocycles. The summed E-state index contributed by atoms with van der Waals surface area (Å²) in [6.07, 6.45) is 1.01. The van der Waals surface area contributed by atoms with E-state index in [2.05, 4.69) is 4.98 Å². The summed E-state index contributed by atoms with van der Waals surface area (Å²) in [6.45, 7) is 11.3. The Balaban J connectivity index is 0. The van der Waals surface area contributed by atoms with Gasteiger partial charge in [0.2, 0.25) is 5.88 Å². The summed E-state index contributed by atoms with van der Waals surface area (Å²) in [5.41, 5.74) is 4.07. The molecule has 0 radical (unpaired) electrons. The number of nitrogen functional groups attached to an aromatic ring is 1. The molecule has 1 rings (SSSR count). The van der Waals surface area contributed by atoms with Crippen molar-refractivity contribution in [2.45, 2.75) is 65.6 Å². The highest BCUT2D eigenvalue weighted by Crippen LogP contribution is 2.11. The van der Waals surface area contributed by atoms with Gasteiger partial charge in [-0.15, -0.1) is 0 Å². The van der Waals surface area contributed by atoms with Crippen LogP contribution in [0.1, 0.15) is 54.4 Å². The molecule has 0 spiro atoms. The van der Waals surface area contributed by atoms with Crippen LogP contribution in [-0.2, 0) is 0 Å². The van der Waals surface area contributed by atoms with Crippen molar-refractivity contribution in [3.8, 4) is 5.88 Å². The molecule has 0 unspecified atom stereocenters. The maximum atomic E-state index is 9.43. The second-order valence-electron chi connectivity index (χ2n) is 6.10. The molecule has 6 nitrogen and oxygen atoms in total. The molecule has 136 valence electrons. The van der Waals surface area contributed by atoms with Crippen LogP contribution in [0.3, 0.4) is 0 Å². The number of hydrogen-bond acceptors (Lipinski definition) is 6. The lowest BCUT2D eigenvalue weighted by Crippen LogP contribution is -2.21. The summed E-state index contributed by atoms with van der Waals surface area (Å²) in [6, 6.07) is 5.21. The number of aromatic nitrogens is 1. The van der Waals surface area contributed by atoms with Crippen molar-refractivity contribution in [2.75, 3.05) is 18.9 Å². The SMILES string of the molecule is CC.CC(C)(O)CCO.CC(C)(O)CCOc1cccc(N)n1. The molecule has 5 N–H and O–H groups in total. The first-order chi connectivity index (χ1) is 10.5. The lowest BCUT2D eigenvalue weighted by molar-refractivity contribution is 0.0513. The van der Waals surface area contributed by atoms with Crippen LogP contribution in [0, 0.1) is 0 Å². The molecule has 0 aromatic carbocycles. The molecule has 0 saturated carbocycles. The van der Waals surface area contributed by atoms with Crippen LogP contribution in [0.25, 0.3) is 0 Å². The van der Waals surface area contributed by atoms with Crippen molar-refractivity contribution < 1.29 is 20.1 Å². The van der Waals surface area contributed by atoms with Gasteiger partial charge in [0.15, 0.2) is 0 Å². The van der Waals surface area contributed by atoms with Crippen LogP contribution in [0.4, 0.5) is 5.82 Å². The van der Waals surface area contributed by atoms with E-state index in [-0.39, 0.29) is 6.61 Å². The van der Waals surface area contributed by atoms with E-state index in [4.69, 9.17) is 20.7 Å². The third-order valence-electron chi connectivity index (χ3n) is 2.43. The maximum Gasteiger partial charge on any atom is 0.215 e. The Morgan fingerprint density at radius 1 is 1.04 bits per heavy atom. The smallest absolute Gasteiger partial charge is 0.215 e. The van der Waals surface area contributed by atoms with Crippen LogP contribution >= 0.6 is 0 Å². The van der Waals surface area contributed by atoms with E-state index in [1.165, 1.54) is 0 Å². The molecule has 0 aliphatic rings. The van der Waals surface area contributed by atoms with Gasteiger partial charge in [0.25, 0.3) is 0 Å². The fourth-order valence-electron chi connectivity index (χ4n) is 1.19. The Morgan fingerprint density at radius 2 is 1.57 bits per heavy atom. The van der Waals surface area contributed by atoms with Crippen molar-refractivity contribution in [3.05, 3.63) is 18.2 Å². The fraction of sp³-hybridized carbons (Fsp3) is 0.706. The van der Waals surface area contributed by atoms with Crippen LogP contribution in [0.15, 0.2) is 18.2 Å². The third kappa shape index (κ3) is 18.6. The predicted octanol–water partition coefficient (Wildman–Crippen LogP) is 2.37. The van der Waals surface area contributed by atoms with Gasteiger partial charge in [0.1, 0.15) is 5.82 Å². The van der Waals surface area contributed by atoms with Gasteiger partial charge in [-0.3, -0.25) is 0 Å². The van der Waals surface area contributed by atoms with Crippen LogP contribution in [-0.4, -0.2) is 44.7 Å². The lowest BCUT2D eigenvalue weighted by atomic mass is 10.1. The molecular weight excluding hydrogens is 296 g/mol. The lowest BCUT2D eigenvalue weighted by Gasteiger charge is -2.16. The summed E-state index contributed by atoms with van der Waals surface area (Å²) in [5.74, 6) is 0.931. The summed E-state index contributed by atoms with van der Waals surface area (Å²) >= 11 is 0. The number of pyridine rings is 1. The highest BCUT2D eigenvalue weighted by molar-refractivity contribution is 5.30. The predicted molar refractivity (Wildman–Crippen MR) is 94.4 cm³/mol. The fourth-order valence-corrected chi connectivity index (χ4v) is 1.19. The number of aliphatic hydroxyl groups is 3. The normalized spacial score (nSPS) is 10.8. The van der Waals surface area contributed by atoms with Gasteiger partial charge in [0, 0.05) is 19.1 Å². The number of aliphatic hydroxyl groups excluding tert-OH is 1. The van der Waals surface area contributed by atoms with Gasteiger partial charge in [-0.25, -0.2) is 0 Å². The summed E-state index contributed by atoms with van der Waals surface area (Å²) < 4.78 is 5.31. The molecule has 23 heavy (non-hydrogen) atoms. The average molecular weight is 330 g/mol. The number of ether oxygens (including phenoxy) is 1. The van der Waals surface area contributed by atoms with E-state index in [0.29, 0.717) is 31.1 Å². The van der Waals surface area contributed by atoms with Crippen molar-refractivity contribution in [3.63, 3.8) is 0 Å². The van der Waals surface area contributed by atoms with Crippen LogP contribution < -0.4 is 10.5 Å². The van der Waals surface area contributed by atoms with E-state index in [1.807, 2.05) is 13.8 Å². The first kappa shape index (κ1) is 23.9. The van der Waals surface area contributed by atoms with E-state index < -0.39 is 11.2 Å². The van der Waals surface area contributed by atoms with E-state index in [9.17, 15) is 5.11 Å². The largest absolute Gasteiger partial charge is 0.477 e. The Kier molecular flexibility index (Phi) is 12.6. The van der Waals surface area contributed by atoms with Crippen LogP contribution in [0.2, 0.25) is 0 Å². The minimum absolute atomic E-state index is 0.0590. The zero-order valence-corrected chi connectivity index (χ0v) is 15.3. The van der Waals surface area contributed by atoms with Gasteiger partial charge >= 0.3 is 0 Å². The number of anilines is 1. The van der Waals surface area contributed by atoms with Gasteiger partial charge < -0.3 is 25.8 Å². The first-order valence-corrected chi connectivity index (χ1v) is 7.94. The highest BCUT2D eigenvalue weighted by atomic mass is 16.5. The van der Waals surface area contributed by atoms with Gasteiger partial charge in [-0.05, 0) is 40.2 Å². The molecule has 0 aliphatic carbocycles. The minimum atomic E-state index is -0.708. The van der Waals surface area contributed by atoms with Gasteiger partial charge in [-0.1, -0.05) is 19.9 Å². The molecule has 0 saturated heterocycles. The zero-order valence-electron chi connectivity index (χ0n) is 15.3. The maximum absolute atomic E-state index is 9.43. The Labute approximate surface area is 140 Å². The number of rotatable bonds is 6. The van der Waals surface area contributed by atoms with Crippen molar-refractivity contribution in [2.24, 2.45) is 0 Å². The molecule has 0 amide bonds. The van der Waals surface area contributed by atoms with Crippen LogP contribution in [0.5, 0.6) is 5.88 Å². The topological polar surface area (TPSA) is 109 Å². The Hall–Kier alpha value is -1.37. The quantitative estimate of drug-likeness (QED) is 0.637. The second-order valence-corrected chi connectivity index (χ2v) is 6.10. The van der Waals surface area contributed by atoms with Gasteiger partial charge in [0.05, 0.1) is 17.8 Å². The van der Waals surface area contributed by atoms with Gasteiger partial charge in [-0.2, -0.15) is 4.98 Å². The summed E-state index contributed by atoms with van der Waals surface area (Å²) in [4.78, 5) is 3.97. The van der Waals surface area contributed by atoms with E-state index >= 15 is 0 Å². The summed E-state index contributed by atoms with van der Waals surface area (Å²) in [7, 11) is 0. The van der Waals surface area contributed by atoms with E-state index in [1.54, 1.807) is 45.9 Å². The number of nitrogens with zero attached hydrogens (tertiary/aromatic N) is 1. The zero-order chi connectivity index (χ0) is 18.5. The molecular formula is C17H34N2O4. The molecule has 1 aromatic rings. The second kappa shape index (κ2) is 12.1. The van der Waals surface area contributed by atoms with E-state index in [0.717, 1.165) is 0 Å². The molecule has 0 fully saturated rings. The minimum Gasteiger partial charge on any atom is -0.477 e. The Morgan fingerprint density at radius 3 is 1.91 bits per heavy atom. The number of nitrogens with two attached hydrogens (primary N) is 1. The molecule has 0 aliphatic heterocycles. The van der Waals surface area contributed by atoms with Crippen molar-refractivity contribution in [1.29, 1.82) is 0 Å². The van der Waals surface area contributed by atoms with Crippen molar-refractivity contribution in [1.82, 2.24) is 4.98 Å². The molecule has 0 atom stereocenters. The number of hydrogen-bond donors (Lipinski definition) is 4. The summed E-state index contributed by atoms with van der Waals surface area (Å²) in [5, 5.41) is 26.5. The standard InChI is InChI=1S/C10H16N2O2.C5H12O2.C2H6/c1-10(2,13)6-7-14-9-5-3-4-8(11)12-9;1-5(2,7)3-4-6;1-2/h3-5,13H,6-7H2,1-2H3,(H2,11,12);6-7H,3-4H2,1-2H3;1-2H3. The molecule has 1 aromatic heterocycles. The first-order valence-electron chi connectivity index (χ1n) is 7.94. The third-order valence-corrected chi connectivity index (χ3v) is 2.43. The Bertz CT molecular complexity index is 398. The molecule has 6 heteroatoms. The molecule has 0 bridgehead atoms. The average Bonchev–Trinajstić information content (AvgIpc) is 2.39. The van der Waals surface area contributed by atoms with Crippen molar-refractivity contribution >= 4 is 5.82 Å².